The van der Waals surface area contributed by atoms with Crippen molar-refractivity contribution in [3.8, 4) is 0 Å². The van der Waals surface area contributed by atoms with E-state index in [1.165, 1.54) is 0 Å². The number of likely N-dealkylation sites (tertiary alicyclic amines) is 1. The number of aromatic carboxylic acids is 1. The SMILES string of the molecule is CN1CCC(c2nc(C(=O)O)n[nH]2)CC1. The Balaban J connectivity index is 2.06. The summed E-state index contributed by atoms with van der Waals surface area (Å²) in [6.07, 6.45) is 2.01. The van der Waals surface area contributed by atoms with E-state index in [-0.39, 0.29) is 5.82 Å². The molecule has 0 bridgehead atoms. The fourth-order valence-electron chi connectivity index (χ4n) is 1.83. The van der Waals surface area contributed by atoms with E-state index in [9.17, 15) is 4.79 Å². The first-order valence-corrected chi connectivity index (χ1v) is 5.01. The van der Waals surface area contributed by atoms with Crippen molar-refractivity contribution in [2.75, 3.05) is 20.1 Å². The Morgan fingerprint density at radius 1 is 1.53 bits per heavy atom. The van der Waals surface area contributed by atoms with Crippen molar-refractivity contribution in [2.24, 2.45) is 0 Å². The molecule has 1 fully saturated rings. The summed E-state index contributed by atoms with van der Waals surface area (Å²) in [5.74, 6) is -0.184. The lowest BCUT2D eigenvalue weighted by Crippen LogP contribution is -2.29. The van der Waals surface area contributed by atoms with E-state index in [1.54, 1.807) is 0 Å². The lowest BCUT2D eigenvalue weighted by Gasteiger charge is -2.27. The smallest absolute Gasteiger partial charge is 0.375 e. The number of aromatic nitrogens is 3. The number of aromatic amines is 1. The van der Waals surface area contributed by atoms with Gasteiger partial charge >= 0.3 is 5.97 Å². The number of piperidine rings is 1. The zero-order valence-corrected chi connectivity index (χ0v) is 8.60. The zero-order valence-electron chi connectivity index (χ0n) is 8.60. The molecule has 15 heavy (non-hydrogen) atoms. The molecule has 0 aliphatic carbocycles. The van der Waals surface area contributed by atoms with E-state index in [0.717, 1.165) is 25.9 Å². The van der Waals surface area contributed by atoms with Gasteiger partial charge in [-0.1, -0.05) is 0 Å². The molecule has 2 N–H and O–H groups in total. The minimum atomic E-state index is -1.08. The van der Waals surface area contributed by atoms with Crippen LogP contribution in [0.4, 0.5) is 0 Å². The van der Waals surface area contributed by atoms with Gasteiger partial charge in [-0.25, -0.2) is 9.78 Å². The third-order valence-corrected chi connectivity index (χ3v) is 2.80. The van der Waals surface area contributed by atoms with Gasteiger partial charge in [-0.2, -0.15) is 0 Å². The highest BCUT2D eigenvalue weighted by Gasteiger charge is 2.22. The van der Waals surface area contributed by atoms with Crippen LogP contribution in [0, 0.1) is 0 Å². The quantitative estimate of drug-likeness (QED) is 0.734. The molecule has 82 valence electrons. The lowest BCUT2D eigenvalue weighted by atomic mass is 9.97. The Kier molecular flexibility index (Phi) is 2.68. The first-order chi connectivity index (χ1) is 7.16. The fourth-order valence-corrected chi connectivity index (χ4v) is 1.83. The van der Waals surface area contributed by atoms with Gasteiger partial charge in [0.2, 0.25) is 0 Å². The van der Waals surface area contributed by atoms with Crippen LogP contribution in [0.3, 0.4) is 0 Å². The normalized spacial score (nSPS) is 19.3. The second kappa shape index (κ2) is 3.98. The summed E-state index contributed by atoms with van der Waals surface area (Å²) in [6, 6.07) is 0. The average molecular weight is 210 g/mol. The maximum Gasteiger partial charge on any atom is 0.375 e. The first kappa shape index (κ1) is 10.1. The molecule has 0 saturated carbocycles. The molecule has 0 unspecified atom stereocenters. The van der Waals surface area contributed by atoms with Gasteiger partial charge < -0.3 is 10.0 Å². The summed E-state index contributed by atoms with van der Waals surface area (Å²) in [6.45, 7) is 2.04. The van der Waals surface area contributed by atoms with Crippen molar-refractivity contribution in [3.05, 3.63) is 11.6 Å². The predicted octanol–water partition coefficient (Wildman–Crippen LogP) is 0.312. The molecular weight excluding hydrogens is 196 g/mol. The number of hydrogen-bond donors (Lipinski definition) is 2. The number of carbonyl (C=O) groups is 1. The number of rotatable bonds is 2. The van der Waals surface area contributed by atoms with E-state index >= 15 is 0 Å². The third kappa shape index (κ3) is 2.15. The summed E-state index contributed by atoms with van der Waals surface area (Å²) < 4.78 is 0. The van der Waals surface area contributed by atoms with Crippen LogP contribution < -0.4 is 0 Å². The van der Waals surface area contributed by atoms with Crippen LogP contribution in [-0.4, -0.2) is 51.3 Å². The van der Waals surface area contributed by atoms with Crippen LogP contribution in [-0.2, 0) is 0 Å². The summed E-state index contributed by atoms with van der Waals surface area (Å²) in [5.41, 5.74) is 0. The molecule has 1 aliphatic rings. The number of nitrogens with zero attached hydrogens (tertiary/aromatic N) is 3. The standard InChI is InChI=1S/C9H14N4O2/c1-13-4-2-6(3-5-13)7-10-8(9(14)15)12-11-7/h6H,2-5H2,1H3,(H,14,15)(H,10,11,12). The average Bonchev–Trinajstić information content (AvgIpc) is 2.68. The van der Waals surface area contributed by atoms with Crippen LogP contribution in [0.5, 0.6) is 0 Å². The van der Waals surface area contributed by atoms with Gasteiger partial charge in [0.1, 0.15) is 5.82 Å². The number of carboxylic acids is 1. The maximum absolute atomic E-state index is 10.6. The van der Waals surface area contributed by atoms with E-state index in [2.05, 4.69) is 27.1 Å². The molecular formula is C9H14N4O2. The van der Waals surface area contributed by atoms with Crippen LogP contribution in [0.2, 0.25) is 0 Å². The third-order valence-electron chi connectivity index (χ3n) is 2.80. The number of carboxylic acid groups (broad SMARTS) is 1. The Bertz CT molecular complexity index is 355. The van der Waals surface area contributed by atoms with Crippen LogP contribution in [0.25, 0.3) is 0 Å². The minimum Gasteiger partial charge on any atom is -0.475 e. The molecule has 0 amide bonds. The van der Waals surface area contributed by atoms with Gasteiger partial charge in [-0.15, -0.1) is 5.10 Å². The largest absolute Gasteiger partial charge is 0.475 e. The van der Waals surface area contributed by atoms with Crippen LogP contribution in [0.15, 0.2) is 0 Å². The van der Waals surface area contributed by atoms with Crippen molar-refractivity contribution in [1.82, 2.24) is 20.1 Å². The lowest BCUT2D eigenvalue weighted by molar-refractivity contribution is 0.0684. The molecule has 2 rings (SSSR count). The topological polar surface area (TPSA) is 82.1 Å². The summed E-state index contributed by atoms with van der Waals surface area (Å²) in [4.78, 5) is 16.8. The Morgan fingerprint density at radius 3 is 2.73 bits per heavy atom. The van der Waals surface area contributed by atoms with Crippen molar-refractivity contribution >= 4 is 5.97 Å². The number of H-pyrrole nitrogens is 1. The van der Waals surface area contributed by atoms with Crippen molar-refractivity contribution in [3.63, 3.8) is 0 Å². The monoisotopic (exact) mass is 210 g/mol. The first-order valence-electron chi connectivity index (χ1n) is 5.01. The highest BCUT2D eigenvalue weighted by molar-refractivity contribution is 5.82. The molecule has 1 saturated heterocycles. The zero-order chi connectivity index (χ0) is 10.8. The summed E-state index contributed by atoms with van der Waals surface area (Å²) >= 11 is 0. The minimum absolute atomic E-state index is 0.135. The van der Waals surface area contributed by atoms with Crippen molar-refractivity contribution in [2.45, 2.75) is 18.8 Å². The highest BCUT2D eigenvalue weighted by Crippen LogP contribution is 2.24. The molecule has 0 radical (unpaired) electrons. The molecule has 2 heterocycles. The van der Waals surface area contributed by atoms with Crippen molar-refractivity contribution < 1.29 is 9.90 Å². The highest BCUT2D eigenvalue weighted by atomic mass is 16.4. The maximum atomic E-state index is 10.6. The number of nitrogens with one attached hydrogen (secondary N) is 1. The van der Waals surface area contributed by atoms with Gasteiger partial charge in [0.15, 0.2) is 0 Å². The van der Waals surface area contributed by atoms with Gasteiger partial charge in [0, 0.05) is 5.92 Å². The molecule has 0 spiro atoms. The summed E-state index contributed by atoms with van der Waals surface area (Å²) in [5, 5.41) is 15.1. The van der Waals surface area contributed by atoms with Crippen LogP contribution >= 0.6 is 0 Å². The fraction of sp³-hybridized carbons (Fsp3) is 0.667. The Hall–Kier alpha value is -1.43. The molecule has 1 aliphatic heterocycles. The van der Waals surface area contributed by atoms with E-state index in [4.69, 9.17) is 5.11 Å². The molecule has 6 heteroatoms. The van der Waals surface area contributed by atoms with E-state index in [0.29, 0.717) is 11.7 Å². The van der Waals surface area contributed by atoms with Gasteiger partial charge in [0.25, 0.3) is 5.82 Å². The molecule has 1 aromatic heterocycles. The molecule has 6 nitrogen and oxygen atoms in total. The Morgan fingerprint density at radius 2 is 2.20 bits per heavy atom. The number of hydrogen-bond acceptors (Lipinski definition) is 4. The Labute approximate surface area is 87.3 Å². The second-order valence-corrected chi connectivity index (χ2v) is 3.93. The van der Waals surface area contributed by atoms with Gasteiger partial charge in [-0.3, -0.25) is 5.10 Å². The molecule has 0 atom stereocenters. The van der Waals surface area contributed by atoms with E-state index in [1.807, 2.05) is 0 Å². The van der Waals surface area contributed by atoms with E-state index < -0.39 is 5.97 Å². The van der Waals surface area contributed by atoms with Gasteiger partial charge in [0.05, 0.1) is 0 Å². The predicted molar refractivity (Wildman–Crippen MR) is 52.8 cm³/mol. The summed E-state index contributed by atoms with van der Waals surface area (Å²) in [7, 11) is 2.08. The van der Waals surface area contributed by atoms with Gasteiger partial charge in [-0.05, 0) is 33.0 Å². The molecule has 1 aromatic rings. The second-order valence-electron chi connectivity index (χ2n) is 3.93. The van der Waals surface area contributed by atoms with Crippen LogP contribution in [0.1, 0.15) is 35.2 Å². The molecule has 0 aromatic carbocycles. The van der Waals surface area contributed by atoms with Crippen molar-refractivity contribution in [1.29, 1.82) is 0 Å².